The van der Waals surface area contributed by atoms with Crippen molar-refractivity contribution in [1.29, 1.82) is 0 Å². The predicted octanol–water partition coefficient (Wildman–Crippen LogP) is 2.50. The number of anilines is 1. The van der Waals surface area contributed by atoms with E-state index in [-0.39, 0.29) is 18.6 Å². The maximum Gasteiger partial charge on any atom is 0.246 e. The van der Waals surface area contributed by atoms with Crippen LogP contribution >= 0.6 is 0 Å². The summed E-state index contributed by atoms with van der Waals surface area (Å²) in [6, 6.07) is 8.51. The Bertz CT molecular complexity index is 425. The fourth-order valence-corrected chi connectivity index (χ4v) is 2.62. The molecule has 20 heavy (non-hydrogen) atoms. The molecule has 1 amide bonds. The standard InChI is InChI=1S/C16H24N2O2/c1-13(17-16(19)12-20-2)14-6-8-15(9-7-14)18-10-4-3-5-11-18/h6-9,13H,3-5,10-12H2,1-2H3,(H,17,19). The minimum Gasteiger partial charge on any atom is -0.375 e. The molecule has 1 atom stereocenters. The number of benzene rings is 1. The van der Waals surface area contributed by atoms with Crippen LogP contribution < -0.4 is 10.2 Å². The highest BCUT2D eigenvalue weighted by atomic mass is 16.5. The number of hydrogen-bond donors (Lipinski definition) is 1. The average Bonchev–Trinajstić information content (AvgIpc) is 2.48. The van der Waals surface area contributed by atoms with E-state index >= 15 is 0 Å². The highest BCUT2D eigenvalue weighted by Crippen LogP contribution is 2.22. The van der Waals surface area contributed by atoms with Gasteiger partial charge in [-0.2, -0.15) is 0 Å². The summed E-state index contributed by atoms with van der Waals surface area (Å²) in [6.45, 7) is 4.40. The highest BCUT2D eigenvalue weighted by molar-refractivity contribution is 5.77. The van der Waals surface area contributed by atoms with Gasteiger partial charge in [0.2, 0.25) is 5.91 Å². The van der Waals surface area contributed by atoms with Crippen molar-refractivity contribution in [2.45, 2.75) is 32.2 Å². The maximum atomic E-state index is 11.5. The van der Waals surface area contributed by atoms with Crippen LogP contribution in [0.1, 0.15) is 37.8 Å². The molecule has 0 aromatic heterocycles. The first-order valence-electron chi connectivity index (χ1n) is 7.34. The maximum absolute atomic E-state index is 11.5. The first-order valence-corrected chi connectivity index (χ1v) is 7.34. The molecule has 1 heterocycles. The van der Waals surface area contributed by atoms with Gasteiger partial charge in [0.1, 0.15) is 6.61 Å². The molecule has 110 valence electrons. The lowest BCUT2D eigenvalue weighted by atomic mass is 10.1. The molecular weight excluding hydrogens is 252 g/mol. The van der Waals surface area contributed by atoms with Crippen molar-refractivity contribution in [2.24, 2.45) is 0 Å². The second kappa shape index (κ2) is 7.29. The fourth-order valence-electron chi connectivity index (χ4n) is 2.62. The van der Waals surface area contributed by atoms with E-state index in [0.29, 0.717) is 0 Å². The number of nitrogens with one attached hydrogen (secondary N) is 1. The number of carbonyl (C=O) groups excluding carboxylic acids is 1. The third-order valence-corrected chi connectivity index (χ3v) is 3.77. The molecular formula is C16H24N2O2. The van der Waals surface area contributed by atoms with Crippen molar-refractivity contribution < 1.29 is 9.53 Å². The normalized spacial score (nSPS) is 16.8. The van der Waals surface area contributed by atoms with E-state index in [9.17, 15) is 4.79 Å². The molecule has 0 spiro atoms. The Morgan fingerprint density at radius 1 is 1.25 bits per heavy atom. The molecule has 1 fully saturated rings. The molecule has 0 aliphatic carbocycles. The molecule has 4 heteroatoms. The van der Waals surface area contributed by atoms with Crippen LogP contribution in [0.3, 0.4) is 0 Å². The highest BCUT2D eigenvalue weighted by Gasteiger charge is 2.12. The second-order valence-electron chi connectivity index (χ2n) is 5.36. The van der Waals surface area contributed by atoms with Gasteiger partial charge in [-0.3, -0.25) is 4.79 Å². The lowest BCUT2D eigenvalue weighted by Gasteiger charge is -2.29. The summed E-state index contributed by atoms with van der Waals surface area (Å²) in [7, 11) is 1.53. The molecule has 1 N–H and O–H groups in total. The molecule has 0 radical (unpaired) electrons. The zero-order chi connectivity index (χ0) is 14.4. The molecule has 1 aromatic rings. The number of ether oxygens (including phenoxy) is 1. The van der Waals surface area contributed by atoms with E-state index in [1.165, 1.54) is 32.1 Å². The Hall–Kier alpha value is -1.55. The van der Waals surface area contributed by atoms with Gasteiger partial charge in [-0.15, -0.1) is 0 Å². The Kier molecular flexibility index (Phi) is 5.41. The zero-order valence-electron chi connectivity index (χ0n) is 12.4. The molecule has 1 aliphatic heterocycles. The Balaban J connectivity index is 1.94. The summed E-state index contributed by atoms with van der Waals surface area (Å²) in [5.74, 6) is -0.0832. The van der Waals surface area contributed by atoms with Gasteiger partial charge in [-0.1, -0.05) is 12.1 Å². The van der Waals surface area contributed by atoms with Crippen LogP contribution in [-0.4, -0.2) is 32.7 Å². The van der Waals surface area contributed by atoms with E-state index < -0.39 is 0 Å². The molecule has 1 unspecified atom stereocenters. The second-order valence-corrected chi connectivity index (χ2v) is 5.36. The molecule has 4 nitrogen and oxygen atoms in total. The number of hydrogen-bond acceptors (Lipinski definition) is 3. The molecule has 1 aliphatic rings. The van der Waals surface area contributed by atoms with Gasteiger partial charge in [-0.05, 0) is 43.9 Å². The molecule has 0 bridgehead atoms. The SMILES string of the molecule is COCC(=O)NC(C)c1ccc(N2CCCCC2)cc1. The Morgan fingerprint density at radius 2 is 1.90 bits per heavy atom. The predicted molar refractivity (Wildman–Crippen MR) is 80.9 cm³/mol. The minimum absolute atomic E-state index is 0.00746. The van der Waals surface area contributed by atoms with E-state index in [2.05, 4.69) is 34.5 Å². The van der Waals surface area contributed by atoms with Crippen LogP contribution in [0.15, 0.2) is 24.3 Å². The van der Waals surface area contributed by atoms with E-state index in [4.69, 9.17) is 4.74 Å². The van der Waals surface area contributed by atoms with Crippen LogP contribution in [0.25, 0.3) is 0 Å². The van der Waals surface area contributed by atoms with E-state index in [1.54, 1.807) is 0 Å². The lowest BCUT2D eigenvalue weighted by Crippen LogP contribution is -2.30. The summed E-state index contributed by atoms with van der Waals surface area (Å²) in [6.07, 6.45) is 3.91. The van der Waals surface area contributed by atoms with Crippen molar-refractivity contribution in [1.82, 2.24) is 5.32 Å². The molecule has 0 saturated carbocycles. The number of amides is 1. The van der Waals surface area contributed by atoms with Crippen LogP contribution in [0.4, 0.5) is 5.69 Å². The number of rotatable bonds is 5. The fraction of sp³-hybridized carbons (Fsp3) is 0.562. The summed E-state index contributed by atoms with van der Waals surface area (Å²) in [4.78, 5) is 13.9. The van der Waals surface area contributed by atoms with Gasteiger partial charge in [0.05, 0.1) is 6.04 Å². The Morgan fingerprint density at radius 3 is 2.50 bits per heavy atom. The van der Waals surface area contributed by atoms with Crippen molar-refractivity contribution in [3.63, 3.8) is 0 Å². The topological polar surface area (TPSA) is 41.6 Å². The smallest absolute Gasteiger partial charge is 0.246 e. The Labute approximate surface area is 121 Å². The number of piperidine rings is 1. The van der Waals surface area contributed by atoms with Crippen molar-refractivity contribution >= 4 is 11.6 Å². The largest absolute Gasteiger partial charge is 0.375 e. The van der Waals surface area contributed by atoms with Gasteiger partial charge >= 0.3 is 0 Å². The van der Waals surface area contributed by atoms with Crippen LogP contribution in [0, 0.1) is 0 Å². The third kappa shape index (κ3) is 3.97. The quantitative estimate of drug-likeness (QED) is 0.898. The first-order chi connectivity index (χ1) is 9.70. The molecule has 1 aromatic carbocycles. The molecule has 2 rings (SSSR count). The first kappa shape index (κ1) is 14.9. The number of carbonyl (C=O) groups is 1. The van der Waals surface area contributed by atoms with Crippen LogP contribution in [0.5, 0.6) is 0 Å². The van der Waals surface area contributed by atoms with Gasteiger partial charge in [0.15, 0.2) is 0 Å². The average molecular weight is 276 g/mol. The van der Waals surface area contributed by atoms with Gasteiger partial charge in [0.25, 0.3) is 0 Å². The van der Waals surface area contributed by atoms with Crippen molar-refractivity contribution in [3.8, 4) is 0 Å². The van der Waals surface area contributed by atoms with Gasteiger partial charge in [0, 0.05) is 25.9 Å². The van der Waals surface area contributed by atoms with Crippen LogP contribution in [0.2, 0.25) is 0 Å². The van der Waals surface area contributed by atoms with Crippen LogP contribution in [-0.2, 0) is 9.53 Å². The monoisotopic (exact) mass is 276 g/mol. The minimum atomic E-state index is -0.0832. The van der Waals surface area contributed by atoms with Crippen molar-refractivity contribution in [3.05, 3.63) is 29.8 Å². The summed E-state index contributed by atoms with van der Waals surface area (Å²) in [5, 5.41) is 2.92. The van der Waals surface area contributed by atoms with E-state index in [0.717, 1.165) is 18.7 Å². The number of methoxy groups -OCH3 is 1. The number of nitrogens with zero attached hydrogens (tertiary/aromatic N) is 1. The summed E-state index contributed by atoms with van der Waals surface area (Å²) in [5.41, 5.74) is 2.40. The summed E-state index contributed by atoms with van der Waals surface area (Å²) < 4.78 is 4.82. The van der Waals surface area contributed by atoms with E-state index in [1.807, 2.05) is 6.92 Å². The lowest BCUT2D eigenvalue weighted by molar-refractivity contribution is -0.125. The third-order valence-electron chi connectivity index (χ3n) is 3.77. The van der Waals surface area contributed by atoms with Crippen molar-refractivity contribution in [2.75, 3.05) is 31.7 Å². The molecule has 1 saturated heterocycles. The van der Waals surface area contributed by atoms with Gasteiger partial charge < -0.3 is 15.0 Å². The summed E-state index contributed by atoms with van der Waals surface area (Å²) >= 11 is 0. The zero-order valence-corrected chi connectivity index (χ0v) is 12.4. The van der Waals surface area contributed by atoms with Gasteiger partial charge in [-0.25, -0.2) is 0 Å².